The van der Waals surface area contributed by atoms with Gasteiger partial charge in [0.25, 0.3) is 0 Å². The lowest BCUT2D eigenvalue weighted by atomic mass is 10.2. The molecule has 0 atom stereocenters. The lowest BCUT2D eigenvalue weighted by Crippen LogP contribution is -2.04. The number of esters is 1. The van der Waals surface area contributed by atoms with E-state index >= 15 is 0 Å². The maximum atomic E-state index is 11.1. The van der Waals surface area contributed by atoms with Crippen LogP contribution in [0.5, 0.6) is 5.75 Å². The second-order valence-corrected chi connectivity index (χ2v) is 4.03. The summed E-state index contributed by atoms with van der Waals surface area (Å²) in [5, 5.41) is 0. The van der Waals surface area contributed by atoms with E-state index in [9.17, 15) is 4.79 Å². The van der Waals surface area contributed by atoms with E-state index in [0.717, 1.165) is 30.7 Å². The fourth-order valence-electron chi connectivity index (χ4n) is 1.54. The van der Waals surface area contributed by atoms with Crippen molar-refractivity contribution >= 4 is 11.7 Å². The minimum atomic E-state index is -0.114. The van der Waals surface area contributed by atoms with Gasteiger partial charge in [0.1, 0.15) is 5.75 Å². The number of unbranched alkanes of at least 4 members (excludes halogenated alkanes) is 2. The Labute approximate surface area is 108 Å². The highest BCUT2D eigenvalue weighted by Crippen LogP contribution is 2.13. The van der Waals surface area contributed by atoms with Gasteiger partial charge >= 0.3 is 5.97 Å². The summed E-state index contributed by atoms with van der Waals surface area (Å²) < 4.78 is 10.4. The van der Waals surface area contributed by atoms with Crippen LogP contribution in [-0.4, -0.2) is 19.2 Å². The van der Waals surface area contributed by atoms with E-state index < -0.39 is 0 Å². The van der Waals surface area contributed by atoms with Crippen molar-refractivity contribution in [1.82, 2.24) is 0 Å². The van der Waals surface area contributed by atoms with Crippen LogP contribution in [0.2, 0.25) is 0 Å². The Morgan fingerprint density at radius 2 is 1.89 bits per heavy atom. The predicted octanol–water partition coefficient (Wildman–Crippen LogP) is 2.77. The fourth-order valence-corrected chi connectivity index (χ4v) is 1.54. The number of nitrogens with two attached hydrogens (primary N) is 1. The average molecular weight is 251 g/mol. The summed E-state index contributed by atoms with van der Waals surface area (Å²) in [5.41, 5.74) is 6.31. The monoisotopic (exact) mass is 251 g/mol. The highest BCUT2D eigenvalue weighted by molar-refractivity contribution is 5.69. The van der Waals surface area contributed by atoms with Crippen molar-refractivity contribution in [2.45, 2.75) is 32.6 Å². The molecular weight excluding hydrogens is 230 g/mol. The largest absolute Gasteiger partial charge is 0.494 e. The molecule has 4 nitrogen and oxygen atoms in total. The predicted molar refractivity (Wildman–Crippen MR) is 71.5 cm³/mol. The first kappa shape index (κ1) is 14.4. The Morgan fingerprint density at radius 3 is 2.56 bits per heavy atom. The number of rotatable bonds is 8. The van der Waals surface area contributed by atoms with Crippen molar-refractivity contribution in [3.63, 3.8) is 0 Å². The number of ether oxygens (including phenoxy) is 2. The van der Waals surface area contributed by atoms with E-state index in [0.29, 0.717) is 19.6 Å². The Morgan fingerprint density at radius 1 is 1.17 bits per heavy atom. The van der Waals surface area contributed by atoms with Gasteiger partial charge in [0.2, 0.25) is 0 Å². The SMILES string of the molecule is CCOC(=O)CCCCCOc1ccc(N)cc1. The summed E-state index contributed by atoms with van der Waals surface area (Å²) in [6.45, 7) is 2.93. The van der Waals surface area contributed by atoms with Crippen LogP contribution in [-0.2, 0) is 9.53 Å². The molecule has 0 spiro atoms. The van der Waals surface area contributed by atoms with Gasteiger partial charge in [-0.2, -0.15) is 0 Å². The zero-order valence-corrected chi connectivity index (χ0v) is 10.9. The van der Waals surface area contributed by atoms with Gasteiger partial charge < -0.3 is 15.2 Å². The van der Waals surface area contributed by atoms with E-state index in [2.05, 4.69) is 0 Å². The topological polar surface area (TPSA) is 61.5 Å². The van der Waals surface area contributed by atoms with Gasteiger partial charge in [0.15, 0.2) is 0 Å². The van der Waals surface area contributed by atoms with Gasteiger partial charge in [0.05, 0.1) is 13.2 Å². The van der Waals surface area contributed by atoms with Crippen LogP contribution in [0.15, 0.2) is 24.3 Å². The van der Waals surface area contributed by atoms with Gasteiger partial charge in [-0.05, 0) is 50.5 Å². The Balaban J connectivity index is 2.02. The van der Waals surface area contributed by atoms with Crippen molar-refractivity contribution in [3.8, 4) is 5.75 Å². The molecule has 18 heavy (non-hydrogen) atoms. The molecule has 1 rings (SSSR count). The lowest BCUT2D eigenvalue weighted by Gasteiger charge is -2.06. The number of benzene rings is 1. The van der Waals surface area contributed by atoms with E-state index in [4.69, 9.17) is 15.2 Å². The maximum Gasteiger partial charge on any atom is 0.305 e. The molecule has 0 fully saturated rings. The minimum Gasteiger partial charge on any atom is -0.494 e. The zero-order chi connectivity index (χ0) is 13.2. The number of hydrogen-bond acceptors (Lipinski definition) is 4. The third-order valence-corrected chi connectivity index (χ3v) is 2.48. The average Bonchev–Trinajstić information content (AvgIpc) is 2.36. The van der Waals surface area contributed by atoms with Crippen LogP contribution < -0.4 is 10.5 Å². The Hall–Kier alpha value is -1.71. The third-order valence-electron chi connectivity index (χ3n) is 2.48. The molecule has 1 aromatic carbocycles. The first-order valence-corrected chi connectivity index (χ1v) is 6.36. The summed E-state index contributed by atoms with van der Waals surface area (Å²) in [5.74, 6) is 0.714. The number of hydrogen-bond donors (Lipinski definition) is 1. The number of carbonyl (C=O) groups is 1. The molecule has 0 saturated carbocycles. The molecule has 0 aliphatic rings. The molecule has 0 bridgehead atoms. The normalized spacial score (nSPS) is 10.1. The van der Waals surface area contributed by atoms with Crippen molar-refractivity contribution in [1.29, 1.82) is 0 Å². The molecule has 0 radical (unpaired) electrons. The van der Waals surface area contributed by atoms with Crippen molar-refractivity contribution in [3.05, 3.63) is 24.3 Å². The molecule has 2 N–H and O–H groups in total. The van der Waals surface area contributed by atoms with E-state index in [1.807, 2.05) is 31.2 Å². The summed E-state index contributed by atoms with van der Waals surface area (Å²) in [4.78, 5) is 11.1. The quantitative estimate of drug-likeness (QED) is 0.438. The van der Waals surface area contributed by atoms with Crippen molar-refractivity contribution < 1.29 is 14.3 Å². The third kappa shape index (κ3) is 6.13. The van der Waals surface area contributed by atoms with Crippen molar-refractivity contribution in [2.24, 2.45) is 0 Å². The van der Waals surface area contributed by atoms with Crippen LogP contribution in [0.4, 0.5) is 5.69 Å². The number of carbonyl (C=O) groups excluding carboxylic acids is 1. The zero-order valence-electron chi connectivity index (χ0n) is 10.9. The van der Waals surface area contributed by atoms with E-state index in [1.165, 1.54) is 0 Å². The number of anilines is 1. The Bertz CT molecular complexity index is 349. The molecule has 1 aromatic rings. The highest BCUT2D eigenvalue weighted by atomic mass is 16.5. The molecule has 0 unspecified atom stereocenters. The van der Waals surface area contributed by atoms with E-state index in [1.54, 1.807) is 0 Å². The maximum absolute atomic E-state index is 11.1. The minimum absolute atomic E-state index is 0.114. The molecule has 0 aliphatic heterocycles. The van der Waals surface area contributed by atoms with Gasteiger partial charge in [0, 0.05) is 12.1 Å². The van der Waals surface area contributed by atoms with Gasteiger partial charge in [-0.3, -0.25) is 4.79 Å². The van der Waals surface area contributed by atoms with Crippen LogP contribution in [0.1, 0.15) is 32.6 Å². The fraction of sp³-hybridized carbons (Fsp3) is 0.500. The second kappa shape index (κ2) is 8.39. The molecule has 100 valence electrons. The molecule has 0 saturated heterocycles. The standard InChI is InChI=1S/C14H21NO3/c1-2-17-14(16)6-4-3-5-11-18-13-9-7-12(15)8-10-13/h7-10H,2-6,11,15H2,1H3. The molecule has 4 heteroatoms. The first-order valence-electron chi connectivity index (χ1n) is 6.36. The van der Waals surface area contributed by atoms with Crippen LogP contribution in [0.3, 0.4) is 0 Å². The summed E-state index contributed by atoms with van der Waals surface area (Å²) in [7, 11) is 0. The Kier molecular flexibility index (Phi) is 6.69. The summed E-state index contributed by atoms with van der Waals surface area (Å²) in [6, 6.07) is 7.34. The van der Waals surface area contributed by atoms with Gasteiger partial charge in [-0.15, -0.1) is 0 Å². The first-order chi connectivity index (χ1) is 8.72. The molecule has 0 aromatic heterocycles. The molecule has 0 amide bonds. The van der Waals surface area contributed by atoms with Crippen LogP contribution in [0, 0.1) is 0 Å². The highest BCUT2D eigenvalue weighted by Gasteiger charge is 2.00. The van der Waals surface area contributed by atoms with Crippen LogP contribution in [0.25, 0.3) is 0 Å². The lowest BCUT2D eigenvalue weighted by molar-refractivity contribution is -0.143. The second-order valence-electron chi connectivity index (χ2n) is 4.03. The summed E-state index contributed by atoms with van der Waals surface area (Å²) in [6.07, 6.45) is 3.25. The van der Waals surface area contributed by atoms with Crippen molar-refractivity contribution in [2.75, 3.05) is 18.9 Å². The van der Waals surface area contributed by atoms with Gasteiger partial charge in [-0.1, -0.05) is 0 Å². The molecule has 0 aliphatic carbocycles. The number of nitrogen functional groups attached to an aromatic ring is 1. The van der Waals surface area contributed by atoms with Gasteiger partial charge in [-0.25, -0.2) is 0 Å². The van der Waals surface area contributed by atoms with E-state index in [-0.39, 0.29) is 5.97 Å². The smallest absolute Gasteiger partial charge is 0.305 e. The molecular formula is C14H21NO3. The summed E-state index contributed by atoms with van der Waals surface area (Å²) >= 11 is 0. The molecule has 0 heterocycles. The van der Waals surface area contributed by atoms with Crippen LogP contribution >= 0.6 is 0 Å².